The molecule has 0 aromatic heterocycles. The highest BCUT2D eigenvalue weighted by atomic mass is 32.3. The molecule has 2 aromatic carbocycles. The van der Waals surface area contributed by atoms with Gasteiger partial charge >= 0.3 is 48.8 Å². The minimum atomic E-state index is -8.01. The summed E-state index contributed by atoms with van der Waals surface area (Å²) in [4.78, 5) is 1.05. The second-order valence-corrected chi connectivity index (χ2v) is 17.8. The average molecular weight is 787 g/mol. The van der Waals surface area contributed by atoms with E-state index in [4.69, 9.17) is 9.47 Å². The molecule has 2 aromatic rings. The van der Waals surface area contributed by atoms with Crippen molar-refractivity contribution in [3.8, 4) is 5.75 Å². The molecule has 0 saturated heterocycles. The number of nitrogens with zero attached hydrogens (tertiary/aromatic N) is 1. The number of rotatable bonds is 10. The van der Waals surface area contributed by atoms with Crippen LogP contribution in [0.25, 0.3) is 0 Å². The van der Waals surface area contributed by atoms with Crippen LogP contribution in [-0.4, -0.2) is 55.3 Å². The first-order valence-electron chi connectivity index (χ1n) is 15.0. The SMILES string of the molecule is CC(OC(Oc1ccccc1Sc1ccccc1)C12CC3CC(CC(C3)C1C)C2)=[N+](S(=O)(=O)C(F)(F)C(F)(F)F)S(=O)(=O)C(F)(F)C(F)(F)F. The van der Waals surface area contributed by atoms with Crippen molar-refractivity contribution in [2.75, 3.05) is 0 Å². The Bertz CT molecular complexity index is 1780. The number of hydrogen-bond acceptors (Lipinski definition) is 7. The molecule has 50 heavy (non-hydrogen) atoms. The van der Waals surface area contributed by atoms with Crippen LogP contribution >= 0.6 is 11.8 Å². The molecule has 0 aliphatic heterocycles. The summed E-state index contributed by atoms with van der Waals surface area (Å²) in [5, 5.41) is -14.4. The van der Waals surface area contributed by atoms with Crippen LogP contribution in [0.4, 0.5) is 43.9 Å². The molecule has 0 N–H and O–H groups in total. The molecule has 4 saturated carbocycles. The van der Waals surface area contributed by atoms with Gasteiger partial charge in [0.05, 0.1) is 11.8 Å². The van der Waals surface area contributed by atoms with E-state index in [0.29, 0.717) is 9.79 Å². The first-order valence-corrected chi connectivity index (χ1v) is 18.7. The summed E-state index contributed by atoms with van der Waals surface area (Å²) in [6.45, 7) is 1.85. The van der Waals surface area contributed by atoms with Gasteiger partial charge in [-0.15, -0.1) is 0 Å². The monoisotopic (exact) mass is 786 g/mol. The quantitative estimate of drug-likeness (QED) is 0.0786. The van der Waals surface area contributed by atoms with Crippen molar-refractivity contribution in [2.24, 2.45) is 29.1 Å². The van der Waals surface area contributed by atoms with Crippen LogP contribution in [0.2, 0.25) is 0 Å². The maximum absolute atomic E-state index is 14.5. The normalized spacial score (nSPS) is 26.4. The Morgan fingerprint density at radius 3 is 1.76 bits per heavy atom. The highest BCUT2D eigenvalue weighted by Gasteiger charge is 2.81. The number of benzene rings is 2. The van der Waals surface area contributed by atoms with Crippen LogP contribution in [0.5, 0.6) is 5.75 Å². The van der Waals surface area contributed by atoms with Gasteiger partial charge in [-0.2, -0.15) is 60.7 Å². The van der Waals surface area contributed by atoms with Crippen molar-refractivity contribution in [2.45, 2.75) is 84.9 Å². The standard InChI is InChI=1S/C30H30F10NO6S3/c1-17-21-13-19-12-20(14-21)16-26(17,15-19)25(47-23-10-6-7-11-24(23)48-22-8-4-3-5-9-22)46-18(2)41(49(42,43)29(37,38)27(31,32)33)50(44,45)30(39,40)28(34,35)36/h3-11,17,19-21,25H,12-16H2,1-2H3/q+1. The fourth-order valence-electron chi connectivity index (χ4n) is 7.55. The maximum Gasteiger partial charge on any atom is 0.502 e. The largest absolute Gasteiger partial charge is 0.502 e. The van der Waals surface area contributed by atoms with E-state index in [1.54, 1.807) is 49.4 Å². The van der Waals surface area contributed by atoms with Gasteiger partial charge in [-0.05, 0) is 80.0 Å². The minimum absolute atomic E-state index is 0.000312. The van der Waals surface area contributed by atoms with E-state index in [0.717, 1.165) is 31.0 Å². The molecule has 7 nitrogen and oxygen atoms in total. The van der Waals surface area contributed by atoms with Crippen LogP contribution in [0.3, 0.4) is 0 Å². The summed E-state index contributed by atoms with van der Waals surface area (Å²) in [6, 6.07) is 14.7. The Balaban J connectivity index is 1.72. The molecule has 278 valence electrons. The molecule has 4 unspecified atom stereocenters. The molecule has 4 atom stereocenters. The third kappa shape index (κ3) is 6.34. The van der Waals surface area contributed by atoms with Crippen LogP contribution in [-0.2, 0) is 24.8 Å². The number of para-hydroxylation sites is 1. The number of halogens is 10. The highest BCUT2D eigenvalue weighted by molar-refractivity contribution is 7.99. The molecule has 6 rings (SSSR count). The summed E-state index contributed by atoms with van der Waals surface area (Å²) < 4.78 is 199. The van der Waals surface area contributed by atoms with Crippen LogP contribution in [0.15, 0.2) is 64.4 Å². The van der Waals surface area contributed by atoms with Crippen LogP contribution in [0.1, 0.15) is 46.0 Å². The zero-order valence-electron chi connectivity index (χ0n) is 26.0. The fourth-order valence-corrected chi connectivity index (χ4v) is 11.8. The molecule has 4 aliphatic rings. The molecule has 0 amide bonds. The average Bonchev–Trinajstić information content (AvgIpc) is 2.99. The summed E-state index contributed by atoms with van der Waals surface area (Å²) in [7, 11) is -16.0. The van der Waals surface area contributed by atoms with Crippen molar-refractivity contribution < 1.29 is 73.6 Å². The lowest BCUT2D eigenvalue weighted by Crippen LogP contribution is -2.60. The Morgan fingerprint density at radius 1 is 0.780 bits per heavy atom. The van der Waals surface area contributed by atoms with Gasteiger partial charge in [-0.3, -0.25) is 0 Å². The van der Waals surface area contributed by atoms with Crippen molar-refractivity contribution in [3.05, 3.63) is 54.6 Å². The molecule has 4 aliphatic carbocycles. The van der Waals surface area contributed by atoms with E-state index in [-0.39, 0.29) is 43.3 Å². The van der Waals surface area contributed by atoms with E-state index in [9.17, 15) is 60.7 Å². The van der Waals surface area contributed by atoms with Gasteiger partial charge in [0.2, 0.25) is 0 Å². The topological polar surface area (TPSA) is 89.8 Å². The number of hydrogen-bond donors (Lipinski definition) is 0. The van der Waals surface area contributed by atoms with Gasteiger partial charge in [-0.1, -0.05) is 49.0 Å². The first-order chi connectivity index (χ1) is 22.9. The number of sulfonamides is 2. The minimum Gasteiger partial charge on any atom is -0.453 e. The zero-order chi connectivity index (χ0) is 37.3. The number of alkyl halides is 10. The Kier molecular flexibility index (Phi) is 9.80. The molecule has 4 fully saturated rings. The molecule has 0 heterocycles. The lowest BCUT2D eigenvalue weighted by molar-refractivity contribution is -0.301. The third-order valence-electron chi connectivity index (χ3n) is 9.69. The third-order valence-corrected chi connectivity index (χ3v) is 15.1. The van der Waals surface area contributed by atoms with Crippen molar-refractivity contribution in [1.29, 1.82) is 0 Å². The van der Waals surface area contributed by atoms with Crippen molar-refractivity contribution in [1.82, 2.24) is 0 Å². The molecular formula is C30H30F10NO6S3+. The van der Waals surface area contributed by atoms with Gasteiger partial charge in [0.15, 0.2) is 0 Å². The lowest BCUT2D eigenvalue weighted by Gasteiger charge is -2.61. The number of ether oxygens (including phenoxy) is 2. The molecule has 4 bridgehead atoms. The predicted molar refractivity (Wildman–Crippen MR) is 158 cm³/mol. The van der Waals surface area contributed by atoms with Gasteiger partial charge < -0.3 is 9.47 Å². The van der Waals surface area contributed by atoms with E-state index in [1.807, 2.05) is 0 Å². The Morgan fingerprint density at radius 2 is 1.26 bits per heavy atom. The van der Waals surface area contributed by atoms with Crippen molar-refractivity contribution >= 4 is 37.7 Å². The van der Waals surface area contributed by atoms with Gasteiger partial charge in [0.25, 0.3) is 6.29 Å². The van der Waals surface area contributed by atoms with Crippen LogP contribution < -0.4 is 4.74 Å². The molecule has 0 radical (unpaired) electrons. The smallest absolute Gasteiger partial charge is 0.453 e. The summed E-state index contributed by atoms with van der Waals surface area (Å²) in [5.74, 6) is -2.60. The highest BCUT2D eigenvalue weighted by Crippen LogP contribution is 2.65. The lowest BCUT2D eigenvalue weighted by atomic mass is 9.45. The summed E-state index contributed by atoms with van der Waals surface area (Å²) >= 11 is 1.14. The summed E-state index contributed by atoms with van der Waals surface area (Å²) in [6.07, 6.45) is -13.6. The summed E-state index contributed by atoms with van der Waals surface area (Å²) in [5.41, 5.74) is -1.24. The predicted octanol–water partition coefficient (Wildman–Crippen LogP) is 8.42. The molecular weight excluding hydrogens is 757 g/mol. The maximum atomic E-state index is 14.5. The fraction of sp³-hybridized carbons (Fsp3) is 0.567. The van der Waals surface area contributed by atoms with E-state index in [2.05, 4.69) is 0 Å². The first kappa shape index (κ1) is 38.5. The van der Waals surface area contributed by atoms with Gasteiger partial charge in [-0.25, -0.2) is 0 Å². The van der Waals surface area contributed by atoms with Gasteiger partial charge in [0.1, 0.15) is 5.75 Å². The van der Waals surface area contributed by atoms with Crippen molar-refractivity contribution in [3.63, 3.8) is 0 Å². The second kappa shape index (κ2) is 12.7. The van der Waals surface area contributed by atoms with E-state index < -0.39 is 69.8 Å². The Hall–Kier alpha value is -2.74. The zero-order valence-corrected chi connectivity index (χ0v) is 28.5. The molecule has 20 heteroatoms. The Labute approximate surface area is 285 Å². The van der Waals surface area contributed by atoms with E-state index >= 15 is 0 Å². The van der Waals surface area contributed by atoms with Crippen LogP contribution in [0, 0.1) is 29.1 Å². The van der Waals surface area contributed by atoms with E-state index in [1.165, 1.54) is 12.1 Å². The molecule has 0 spiro atoms. The second-order valence-electron chi connectivity index (χ2n) is 12.8. The van der Waals surface area contributed by atoms with Gasteiger partial charge in [0, 0.05) is 13.7 Å².